The molecule has 0 fully saturated rings. The summed E-state index contributed by atoms with van der Waals surface area (Å²) >= 11 is 3.62. The van der Waals surface area contributed by atoms with E-state index >= 15 is 0 Å². The summed E-state index contributed by atoms with van der Waals surface area (Å²) in [5.41, 5.74) is 4.37. The molecule has 0 nitrogen and oxygen atoms in total. The zero-order valence-corrected chi connectivity index (χ0v) is 12.5. The number of alkyl halides is 1. The SMILES string of the molecule is Cc1ccc(C(Br)Cc2ccc(F)c(F)c2)c(C)c1. The molecule has 1 unspecified atom stereocenters. The molecule has 0 saturated heterocycles. The molecule has 2 aromatic rings. The summed E-state index contributed by atoms with van der Waals surface area (Å²) in [6.07, 6.45) is 0.626. The van der Waals surface area contributed by atoms with Gasteiger partial charge in [-0.25, -0.2) is 8.78 Å². The zero-order valence-electron chi connectivity index (χ0n) is 10.9. The molecule has 0 N–H and O–H groups in total. The maximum atomic E-state index is 13.2. The molecule has 2 aromatic carbocycles. The van der Waals surface area contributed by atoms with Crippen LogP contribution in [0.2, 0.25) is 0 Å². The predicted octanol–water partition coefficient (Wildman–Crippen LogP) is 5.26. The van der Waals surface area contributed by atoms with Gasteiger partial charge in [-0.05, 0) is 49.1 Å². The Morgan fingerprint density at radius 3 is 2.37 bits per heavy atom. The van der Waals surface area contributed by atoms with E-state index in [-0.39, 0.29) is 4.83 Å². The highest BCUT2D eigenvalue weighted by Crippen LogP contribution is 2.30. The van der Waals surface area contributed by atoms with Crippen LogP contribution in [0.3, 0.4) is 0 Å². The third-order valence-electron chi connectivity index (χ3n) is 3.16. The van der Waals surface area contributed by atoms with Crippen LogP contribution in [-0.2, 0) is 6.42 Å². The minimum atomic E-state index is -0.804. The number of benzene rings is 2. The first-order chi connectivity index (χ1) is 8.97. The van der Waals surface area contributed by atoms with Crippen molar-refractivity contribution in [2.45, 2.75) is 25.1 Å². The maximum absolute atomic E-state index is 13.2. The first kappa shape index (κ1) is 14.2. The quantitative estimate of drug-likeness (QED) is 0.675. The number of halogens is 3. The number of rotatable bonds is 3. The van der Waals surface area contributed by atoms with E-state index in [2.05, 4.69) is 48.0 Å². The smallest absolute Gasteiger partial charge is 0.159 e. The molecule has 2 rings (SSSR count). The standard InChI is InChI=1S/C16H15BrF2/c1-10-3-5-13(11(2)7-10)14(17)8-12-4-6-15(18)16(19)9-12/h3-7,9,14H,8H2,1-2H3. The van der Waals surface area contributed by atoms with E-state index in [1.54, 1.807) is 6.07 Å². The highest BCUT2D eigenvalue weighted by atomic mass is 79.9. The summed E-state index contributed by atoms with van der Waals surface area (Å²) in [4.78, 5) is 0.0953. The Kier molecular flexibility index (Phi) is 4.35. The van der Waals surface area contributed by atoms with Crippen LogP contribution in [0.15, 0.2) is 36.4 Å². The van der Waals surface area contributed by atoms with Crippen molar-refractivity contribution in [2.24, 2.45) is 0 Å². The summed E-state index contributed by atoms with van der Waals surface area (Å²) < 4.78 is 26.1. The van der Waals surface area contributed by atoms with Gasteiger partial charge >= 0.3 is 0 Å². The lowest BCUT2D eigenvalue weighted by atomic mass is 9.99. The summed E-state index contributed by atoms with van der Waals surface area (Å²) in [5.74, 6) is -1.60. The van der Waals surface area contributed by atoms with Crippen LogP contribution in [0.25, 0.3) is 0 Å². The molecule has 0 saturated carbocycles. The van der Waals surface area contributed by atoms with Gasteiger partial charge in [0.25, 0.3) is 0 Å². The minimum Gasteiger partial charge on any atom is -0.204 e. The second kappa shape index (κ2) is 5.83. The van der Waals surface area contributed by atoms with Crippen LogP contribution in [-0.4, -0.2) is 0 Å². The van der Waals surface area contributed by atoms with Crippen LogP contribution >= 0.6 is 15.9 Å². The van der Waals surface area contributed by atoms with E-state index < -0.39 is 11.6 Å². The molecule has 0 bridgehead atoms. The highest BCUT2D eigenvalue weighted by Gasteiger charge is 2.12. The average Bonchev–Trinajstić information content (AvgIpc) is 2.33. The highest BCUT2D eigenvalue weighted by molar-refractivity contribution is 9.09. The molecule has 1 atom stereocenters. The van der Waals surface area contributed by atoms with Crippen molar-refractivity contribution in [3.8, 4) is 0 Å². The molecule has 0 amide bonds. The van der Waals surface area contributed by atoms with E-state index in [0.717, 1.165) is 5.56 Å². The summed E-state index contributed by atoms with van der Waals surface area (Å²) in [6, 6.07) is 10.3. The first-order valence-electron chi connectivity index (χ1n) is 6.12. The molecule has 0 aliphatic rings. The van der Waals surface area contributed by atoms with Gasteiger partial charge in [0.1, 0.15) is 0 Å². The fraction of sp³-hybridized carbons (Fsp3) is 0.250. The number of hydrogen-bond acceptors (Lipinski definition) is 0. The molecule has 0 aliphatic carbocycles. The van der Waals surface area contributed by atoms with E-state index in [1.807, 2.05) is 0 Å². The zero-order chi connectivity index (χ0) is 14.0. The topological polar surface area (TPSA) is 0 Å². The maximum Gasteiger partial charge on any atom is 0.159 e. The van der Waals surface area contributed by atoms with E-state index in [4.69, 9.17) is 0 Å². The minimum absolute atomic E-state index is 0.0953. The Labute approximate surface area is 120 Å². The largest absolute Gasteiger partial charge is 0.204 e. The molecule has 0 radical (unpaired) electrons. The van der Waals surface area contributed by atoms with Crippen molar-refractivity contribution in [1.82, 2.24) is 0 Å². The Balaban J connectivity index is 2.20. The van der Waals surface area contributed by atoms with Gasteiger partial charge in [-0.1, -0.05) is 45.8 Å². The lowest BCUT2D eigenvalue weighted by molar-refractivity contribution is 0.507. The van der Waals surface area contributed by atoms with Crippen LogP contribution in [0.4, 0.5) is 8.78 Å². The Hall–Kier alpha value is -1.22. The Morgan fingerprint density at radius 2 is 1.74 bits per heavy atom. The first-order valence-corrected chi connectivity index (χ1v) is 7.04. The normalized spacial score (nSPS) is 12.5. The van der Waals surface area contributed by atoms with Crippen molar-refractivity contribution < 1.29 is 8.78 Å². The van der Waals surface area contributed by atoms with Gasteiger partial charge in [-0.3, -0.25) is 0 Å². The predicted molar refractivity (Wildman–Crippen MR) is 77.6 cm³/mol. The molecule has 0 heterocycles. The van der Waals surface area contributed by atoms with Crippen molar-refractivity contribution >= 4 is 15.9 Å². The summed E-state index contributed by atoms with van der Waals surface area (Å²) in [6.45, 7) is 4.11. The molecule has 0 spiro atoms. The molecule has 19 heavy (non-hydrogen) atoms. The van der Waals surface area contributed by atoms with Crippen molar-refractivity contribution in [3.05, 3.63) is 70.3 Å². The number of aryl methyl sites for hydroxylation is 2. The molecular formula is C16H15BrF2. The lowest BCUT2D eigenvalue weighted by Crippen LogP contribution is -1.99. The van der Waals surface area contributed by atoms with E-state index in [0.29, 0.717) is 6.42 Å². The molecule has 3 heteroatoms. The molecule has 100 valence electrons. The molecule has 0 aliphatic heterocycles. The van der Waals surface area contributed by atoms with E-state index in [1.165, 1.54) is 28.8 Å². The van der Waals surface area contributed by atoms with Gasteiger partial charge < -0.3 is 0 Å². The van der Waals surface area contributed by atoms with E-state index in [9.17, 15) is 8.78 Å². The Bertz CT molecular complexity index is 593. The van der Waals surface area contributed by atoms with Crippen molar-refractivity contribution in [1.29, 1.82) is 0 Å². The van der Waals surface area contributed by atoms with Crippen LogP contribution in [0, 0.1) is 25.5 Å². The van der Waals surface area contributed by atoms with Gasteiger partial charge in [0.05, 0.1) is 0 Å². The second-order valence-electron chi connectivity index (χ2n) is 4.78. The second-order valence-corrected chi connectivity index (χ2v) is 5.89. The summed E-state index contributed by atoms with van der Waals surface area (Å²) in [7, 11) is 0. The van der Waals surface area contributed by atoms with Crippen molar-refractivity contribution in [2.75, 3.05) is 0 Å². The average molecular weight is 325 g/mol. The van der Waals surface area contributed by atoms with Gasteiger partial charge in [-0.2, -0.15) is 0 Å². The van der Waals surface area contributed by atoms with Gasteiger partial charge in [0.15, 0.2) is 11.6 Å². The Morgan fingerprint density at radius 1 is 1.00 bits per heavy atom. The molecule has 0 aromatic heterocycles. The van der Waals surface area contributed by atoms with Crippen LogP contribution < -0.4 is 0 Å². The van der Waals surface area contributed by atoms with Crippen LogP contribution in [0.5, 0.6) is 0 Å². The fourth-order valence-corrected chi connectivity index (χ4v) is 3.05. The molecular weight excluding hydrogens is 310 g/mol. The van der Waals surface area contributed by atoms with Gasteiger partial charge in [0.2, 0.25) is 0 Å². The fourth-order valence-electron chi connectivity index (χ4n) is 2.16. The van der Waals surface area contributed by atoms with Crippen LogP contribution in [0.1, 0.15) is 27.1 Å². The third kappa shape index (κ3) is 3.41. The van der Waals surface area contributed by atoms with Gasteiger partial charge in [0, 0.05) is 4.83 Å². The monoisotopic (exact) mass is 324 g/mol. The third-order valence-corrected chi connectivity index (χ3v) is 3.98. The van der Waals surface area contributed by atoms with Gasteiger partial charge in [-0.15, -0.1) is 0 Å². The lowest BCUT2D eigenvalue weighted by Gasteiger charge is -2.14. The number of hydrogen-bond donors (Lipinski definition) is 0. The summed E-state index contributed by atoms with van der Waals surface area (Å²) in [5, 5.41) is 0. The van der Waals surface area contributed by atoms with Crippen molar-refractivity contribution in [3.63, 3.8) is 0 Å².